The Morgan fingerprint density at radius 2 is 1.31 bits per heavy atom. The van der Waals surface area contributed by atoms with Gasteiger partial charge in [-0.25, -0.2) is 4.98 Å². The predicted molar refractivity (Wildman–Crippen MR) is 166 cm³/mol. The molecule has 0 saturated heterocycles. The molecule has 0 bridgehead atoms. The first-order chi connectivity index (χ1) is 24.6. The summed E-state index contributed by atoms with van der Waals surface area (Å²) in [6, 6.07) is 18.6. The van der Waals surface area contributed by atoms with Gasteiger partial charge in [-0.2, -0.15) is 0 Å². The first kappa shape index (κ1) is 12.7. The molecule has 0 aliphatic rings. The zero-order chi connectivity index (χ0) is 37.2. The molecule has 0 spiro atoms. The average Bonchev–Trinajstić information content (AvgIpc) is 3.52. The molecular weight excluding hydrogens is 472 g/mol. The Hall–Kier alpha value is -4.95. The van der Waals surface area contributed by atoms with Crippen LogP contribution in [0.5, 0.6) is 0 Å². The largest absolute Gasteiger partial charge is 0.295 e. The van der Waals surface area contributed by atoms with Crippen molar-refractivity contribution in [2.45, 2.75) is 13.2 Å². The Balaban J connectivity index is 1.76. The van der Waals surface area contributed by atoms with Crippen molar-refractivity contribution in [2.75, 3.05) is 0 Å². The summed E-state index contributed by atoms with van der Waals surface area (Å²) in [7, 11) is 0. The first-order valence-corrected chi connectivity index (χ1v) is 12.4. The minimum Gasteiger partial charge on any atom is -0.295 e. The highest BCUT2D eigenvalue weighted by Gasteiger charge is 2.21. The minimum atomic E-state index is -3.26. The fraction of sp³-hybridized carbons (Fsp3) is 0.0541. The van der Waals surface area contributed by atoms with Crippen molar-refractivity contribution in [3.8, 4) is 16.8 Å². The Labute approximate surface area is 245 Å². The zero-order valence-corrected chi connectivity index (χ0v) is 20.4. The smallest absolute Gasteiger partial charge is 0.114 e. The molecule has 1 aromatic heterocycles. The number of aryl methyl sites for hydroxylation is 1. The second-order valence-corrected chi connectivity index (χ2v) is 9.30. The molecule has 8 rings (SSSR count). The van der Waals surface area contributed by atoms with E-state index in [1.165, 1.54) is 6.07 Å². The number of hydrogen-bond acceptors (Lipinski definition) is 1. The number of imidazole rings is 1. The van der Waals surface area contributed by atoms with Gasteiger partial charge in [-0.1, -0.05) is 116 Å². The lowest BCUT2D eigenvalue weighted by Crippen LogP contribution is -2.03. The van der Waals surface area contributed by atoms with E-state index in [2.05, 4.69) is 4.98 Å². The maximum atomic E-state index is 9.37. The fourth-order valence-corrected chi connectivity index (χ4v) is 5.70. The van der Waals surface area contributed by atoms with Crippen LogP contribution >= 0.6 is 0 Å². The van der Waals surface area contributed by atoms with E-state index in [9.17, 15) is 5.48 Å². The van der Waals surface area contributed by atoms with Crippen molar-refractivity contribution >= 4 is 54.1 Å². The van der Waals surface area contributed by atoms with Gasteiger partial charge in [0.25, 0.3) is 0 Å². The highest BCUT2D eigenvalue weighted by Crippen LogP contribution is 2.45. The molecule has 0 amide bonds. The Morgan fingerprint density at radius 1 is 0.692 bits per heavy atom. The van der Waals surface area contributed by atoms with Gasteiger partial charge in [0.15, 0.2) is 0 Å². The van der Waals surface area contributed by atoms with Crippen LogP contribution in [0.2, 0.25) is 0 Å². The molecule has 2 heteroatoms. The molecule has 8 aromatic rings. The molecule has 0 saturated carbocycles. The van der Waals surface area contributed by atoms with Gasteiger partial charge in [0, 0.05) is 24.0 Å². The second-order valence-electron chi connectivity index (χ2n) is 9.30. The van der Waals surface area contributed by atoms with Crippen LogP contribution in [0.15, 0.2) is 127 Å². The van der Waals surface area contributed by atoms with Gasteiger partial charge < -0.3 is 0 Å². The number of para-hydroxylation sites is 2. The van der Waals surface area contributed by atoms with Crippen molar-refractivity contribution in [2.24, 2.45) is 0 Å². The molecular formula is C37H26N2. The molecule has 1 heterocycles. The third-order valence-electron chi connectivity index (χ3n) is 7.28. The molecule has 0 unspecified atom stereocenters. The normalized spacial score (nSPS) is 17.3. The van der Waals surface area contributed by atoms with E-state index in [1.54, 1.807) is 18.2 Å². The molecule has 39 heavy (non-hydrogen) atoms. The molecule has 0 aliphatic heterocycles. The topological polar surface area (TPSA) is 17.8 Å². The van der Waals surface area contributed by atoms with Crippen LogP contribution in [0, 0.1) is 0 Å². The second kappa shape index (κ2) is 8.54. The van der Waals surface area contributed by atoms with Crippen molar-refractivity contribution in [3.63, 3.8) is 0 Å². The summed E-state index contributed by atoms with van der Waals surface area (Å²) >= 11 is 0. The van der Waals surface area contributed by atoms with Crippen LogP contribution in [0.3, 0.4) is 0 Å². The van der Waals surface area contributed by atoms with E-state index in [0.29, 0.717) is 10.9 Å². The summed E-state index contributed by atoms with van der Waals surface area (Å²) in [6.07, 6.45) is -3.13. The third-order valence-corrected chi connectivity index (χ3v) is 7.28. The molecule has 2 nitrogen and oxygen atoms in total. The van der Waals surface area contributed by atoms with Crippen LogP contribution in [-0.4, -0.2) is 9.55 Å². The van der Waals surface area contributed by atoms with Gasteiger partial charge >= 0.3 is 0 Å². The molecule has 0 N–H and O–H groups in total. The maximum Gasteiger partial charge on any atom is 0.114 e. The van der Waals surface area contributed by atoms with Gasteiger partial charge in [-0.3, -0.25) is 4.57 Å². The molecule has 7 aromatic carbocycles. The standard InChI is InChI=1S/C37H26N2/c1-2-35-38-33-21-11-12-22-34(33)39(35)37-30-19-9-7-17-28(30)36(29-18-8-10-20-31(29)37)32-23-24-13-3-4-14-25(24)26-15-5-6-16-27(26)32/h3-23H,2H2,1H3/i1D3,2D2,7D,8D,9D,10D,17D,18D,19D,20D. The van der Waals surface area contributed by atoms with Gasteiger partial charge in [0.2, 0.25) is 0 Å². The summed E-state index contributed by atoms with van der Waals surface area (Å²) in [4.78, 5) is 4.42. The molecule has 0 aliphatic carbocycles. The van der Waals surface area contributed by atoms with E-state index < -0.39 is 67.4 Å². The van der Waals surface area contributed by atoms with Crippen LogP contribution in [0.4, 0.5) is 0 Å². The predicted octanol–water partition coefficient (Wildman–Crippen LogP) is 9.87. The van der Waals surface area contributed by atoms with Gasteiger partial charge in [-0.15, -0.1) is 0 Å². The van der Waals surface area contributed by atoms with E-state index in [-0.39, 0.29) is 43.8 Å². The quantitative estimate of drug-likeness (QED) is 0.170. The average molecular weight is 512 g/mol. The maximum absolute atomic E-state index is 9.37. The van der Waals surface area contributed by atoms with E-state index in [1.807, 2.05) is 54.6 Å². The van der Waals surface area contributed by atoms with Crippen molar-refractivity contribution in [1.29, 1.82) is 0 Å². The van der Waals surface area contributed by atoms with Gasteiger partial charge in [0.1, 0.15) is 5.82 Å². The number of benzene rings is 7. The first-order valence-electron chi connectivity index (χ1n) is 18.9. The molecule has 184 valence electrons. The summed E-state index contributed by atoms with van der Waals surface area (Å²) < 4.78 is 116. The summed E-state index contributed by atoms with van der Waals surface area (Å²) in [5.74, 6) is -0.625. The van der Waals surface area contributed by atoms with Crippen LogP contribution in [0.25, 0.3) is 70.9 Å². The number of nitrogens with zero attached hydrogens (tertiary/aromatic N) is 2. The van der Waals surface area contributed by atoms with E-state index in [4.69, 9.17) is 12.3 Å². The van der Waals surface area contributed by atoms with E-state index >= 15 is 0 Å². The lowest BCUT2D eigenvalue weighted by atomic mass is 9.86. The van der Waals surface area contributed by atoms with Crippen LogP contribution < -0.4 is 0 Å². The molecule has 0 atom stereocenters. The highest BCUT2D eigenvalue weighted by atomic mass is 15.1. The molecule has 0 radical (unpaired) electrons. The highest BCUT2D eigenvalue weighted by molar-refractivity contribution is 6.24. The fourth-order valence-electron chi connectivity index (χ4n) is 5.70. The minimum absolute atomic E-state index is 0.0860. The summed E-state index contributed by atoms with van der Waals surface area (Å²) in [5.41, 5.74) is 0.656. The van der Waals surface area contributed by atoms with Gasteiger partial charge in [-0.05, 0) is 61.6 Å². The van der Waals surface area contributed by atoms with E-state index in [0.717, 1.165) is 20.7 Å². The lowest BCUT2D eigenvalue weighted by molar-refractivity contribution is 0.917. The zero-order valence-electron chi connectivity index (χ0n) is 33.4. The molecule has 0 fully saturated rings. The van der Waals surface area contributed by atoms with Crippen molar-refractivity contribution in [1.82, 2.24) is 9.55 Å². The SMILES string of the molecule is [2H]c1c([2H])c([2H])c2c(-n3c(C([2H])([2H])C([2H])([2H])[2H])nc4ccccc43)c3c([2H])c([2H])c([2H])c([2H])c3c(-c3cc4ccccc4c4ccccc34)c2c1[2H]. The summed E-state index contributed by atoms with van der Waals surface area (Å²) in [6.45, 7) is -3.26. The number of fused-ring (bicyclic) bond motifs is 6. The van der Waals surface area contributed by atoms with Crippen molar-refractivity contribution in [3.05, 3.63) is 133 Å². The Bertz CT molecular complexity index is 2780. The third kappa shape index (κ3) is 3.18. The lowest BCUT2D eigenvalue weighted by Gasteiger charge is -2.21. The number of hydrogen-bond donors (Lipinski definition) is 0. The number of aromatic nitrogens is 2. The summed E-state index contributed by atoms with van der Waals surface area (Å²) in [5, 5.41) is 2.58. The monoisotopic (exact) mass is 511 g/mol. The van der Waals surface area contributed by atoms with Gasteiger partial charge in [0.05, 0.1) is 27.7 Å². The Kier molecular flexibility index (Phi) is 2.79. The van der Waals surface area contributed by atoms with Crippen LogP contribution in [-0.2, 0) is 6.37 Å². The Morgan fingerprint density at radius 3 is 2.05 bits per heavy atom. The van der Waals surface area contributed by atoms with Crippen LogP contribution in [0.1, 0.15) is 30.5 Å². The van der Waals surface area contributed by atoms with Crippen molar-refractivity contribution < 1.29 is 17.8 Å². The number of rotatable bonds is 3.